The molecular formula is C19H21ClN2O2S. The Morgan fingerprint density at radius 1 is 1.16 bits per heavy atom. The van der Waals surface area contributed by atoms with Gasteiger partial charge in [-0.05, 0) is 49.2 Å². The van der Waals surface area contributed by atoms with Gasteiger partial charge in [-0.25, -0.2) is 0 Å². The Labute approximate surface area is 157 Å². The van der Waals surface area contributed by atoms with Crippen molar-refractivity contribution in [2.75, 3.05) is 25.0 Å². The van der Waals surface area contributed by atoms with Crippen molar-refractivity contribution < 1.29 is 9.90 Å². The number of para-hydroxylation sites is 1. The molecule has 0 bridgehead atoms. The monoisotopic (exact) mass is 376 g/mol. The highest BCUT2D eigenvalue weighted by Crippen LogP contribution is 2.33. The molecule has 0 saturated carbocycles. The molecule has 1 aliphatic rings. The number of halogens is 1. The summed E-state index contributed by atoms with van der Waals surface area (Å²) in [6, 6.07) is 15.4. The number of aliphatic hydroxyl groups is 1. The highest BCUT2D eigenvalue weighted by atomic mass is 35.5. The minimum atomic E-state index is -0.226. The normalized spacial score (nSPS) is 15.9. The molecule has 0 radical (unpaired) electrons. The number of carbonyl (C=O) groups is 1. The van der Waals surface area contributed by atoms with Gasteiger partial charge in [0.1, 0.15) is 0 Å². The predicted octanol–water partition coefficient (Wildman–Crippen LogP) is 3.89. The van der Waals surface area contributed by atoms with Crippen LogP contribution in [0.15, 0.2) is 58.3 Å². The van der Waals surface area contributed by atoms with E-state index in [0.717, 1.165) is 41.4 Å². The van der Waals surface area contributed by atoms with Gasteiger partial charge in [-0.15, -0.1) is 0 Å². The molecular weight excluding hydrogens is 356 g/mol. The third-order valence-electron chi connectivity index (χ3n) is 4.13. The van der Waals surface area contributed by atoms with Crippen LogP contribution in [0.25, 0.3) is 0 Å². The molecule has 1 fully saturated rings. The number of likely N-dealkylation sites (tertiary alicyclic amines) is 1. The second-order valence-corrected chi connectivity index (χ2v) is 7.66. The summed E-state index contributed by atoms with van der Waals surface area (Å²) < 4.78 is 0. The quantitative estimate of drug-likeness (QED) is 0.831. The molecule has 1 aliphatic heterocycles. The van der Waals surface area contributed by atoms with E-state index in [1.807, 2.05) is 48.5 Å². The summed E-state index contributed by atoms with van der Waals surface area (Å²) in [6.07, 6.45) is 1.24. The summed E-state index contributed by atoms with van der Waals surface area (Å²) >= 11 is 7.52. The molecule has 2 aromatic carbocycles. The molecule has 2 aromatic rings. The first-order valence-electron chi connectivity index (χ1n) is 8.33. The first kappa shape index (κ1) is 18.3. The highest BCUT2D eigenvalue weighted by molar-refractivity contribution is 7.99. The zero-order valence-corrected chi connectivity index (χ0v) is 15.4. The van der Waals surface area contributed by atoms with E-state index >= 15 is 0 Å². The number of nitrogens with one attached hydrogen (secondary N) is 1. The van der Waals surface area contributed by atoms with Gasteiger partial charge in [-0.2, -0.15) is 0 Å². The van der Waals surface area contributed by atoms with Gasteiger partial charge in [-0.1, -0.05) is 35.5 Å². The van der Waals surface area contributed by atoms with Gasteiger partial charge < -0.3 is 10.4 Å². The van der Waals surface area contributed by atoms with E-state index in [1.54, 1.807) is 11.8 Å². The molecule has 3 rings (SSSR count). The van der Waals surface area contributed by atoms with Gasteiger partial charge in [0.2, 0.25) is 5.91 Å². The summed E-state index contributed by atoms with van der Waals surface area (Å²) in [4.78, 5) is 16.5. The summed E-state index contributed by atoms with van der Waals surface area (Å²) in [5, 5.41) is 13.3. The lowest BCUT2D eigenvalue weighted by Gasteiger charge is -2.28. The Morgan fingerprint density at radius 3 is 2.56 bits per heavy atom. The number of carbonyl (C=O) groups excluding carboxylic acids is 1. The fourth-order valence-corrected chi connectivity index (χ4v) is 3.79. The Balaban J connectivity index is 1.62. The number of aliphatic hydroxyl groups excluding tert-OH is 1. The molecule has 0 atom stereocenters. The Bertz CT molecular complexity index is 716. The largest absolute Gasteiger partial charge is 0.393 e. The SMILES string of the molecule is O=C(CN1CCC(O)CC1)Nc1ccccc1Sc1ccc(Cl)cc1. The lowest BCUT2D eigenvalue weighted by atomic mass is 10.1. The number of hydrogen-bond donors (Lipinski definition) is 2. The van der Waals surface area contributed by atoms with E-state index in [-0.39, 0.29) is 12.0 Å². The van der Waals surface area contributed by atoms with Crippen molar-refractivity contribution in [1.82, 2.24) is 4.90 Å². The molecule has 0 spiro atoms. The number of nitrogens with zero attached hydrogens (tertiary/aromatic N) is 1. The van der Waals surface area contributed by atoms with Crippen molar-refractivity contribution in [2.45, 2.75) is 28.7 Å². The van der Waals surface area contributed by atoms with Crippen LogP contribution in [-0.2, 0) is 4.79 Å². The molecule has 132 valence electrons. The van der Waals surface area contributed by atoms with Crippen LogP contribution in [0.1, 0.15) is 12.8 Å². The minimum absolute atomic E-state index is 0.0273. The zero-order chi connectivity index (χ0) is 17.6. The van der Waals surface area contributed by atoms with E-state index in [4.69, 9.17) is 11.6 Å². The van der Waals surface area contributed by atoms with Crippen molar-refractivity contribution in [2.24, 2.45) is 0 Å². The molecule has 1 heterocycles. The fraction of sp³-hybridized carbons (Fsp3) is 0.316. The molecule has 0 aromatic heterocycles. The van der Waals surface area contributed by atoms with E-state index in [9.17, 15) is 9.90 Å². The summed E-state index contributed by atoms with van der Waals surface area (Å²) in [5.41, 5.74) is 0.810. The average molecular weight is 377 g/mol. The number of anilines is 1. The number of piperidine rings is 1. The smallest absolute Gasteiger partial charge is 0.238 e. The van der Waals surface area contributed by atoms with Crippen LogP contribution < -0.4 is 5.32 Å². The van der Waals surface area contributed by atoms with Crippen LogP contribution in [0.5, 0.6) is 0 Å². The standard InChI is InChI=1S/C19H21ClN2O2S/c20-14-5-7-16(8-6-14)25-18-4-2-1-3-17(18)21-19(24)13-22-11-9-15(23)10-12-22/h1-8,15,23H,9-13H2,(H,21,24). The number of rotatable bonds is 5. The van der Waals surface area contributed by atoms with E-state index in [2.05, 4.69) is 10.2 Å². The van der Waals surface area contributed by atoms with Crippen molar-refractivity contribution in [3.63, 3.8) is 0 Å². The molecule has 0 unspecified atom stereocenters. The van der Waals surface area contributed by atoms with E-state index in [1.165, 1.54) is 0 Å². The summed E-state index contributed by atoms with van der Waals surface area (Å²) in [6.45, 7) is 1.87. The Kier molecular flexibility index (Phi) is 6.37. The van der Waals surface area contributed by atoms with Crippen LogP contribution in [0.2, 0.25) is 5.02 Å². The average Bonchev–Trinajstić information content (AvgIpc) is 2.61. The molecule has 25 heavy (non-hydrogen) atoms. The Morgan fingerprint density at radius 2 is 1.84 bits per heavy atom. The lowest BCUT2D eigenvalue weighted by Crippen LogP contribution is -2.40. The van der Waals surface area contributed by atoms with Crippen LogP contribution in [0, 0.1) is 0 Å². The molecule has 4 nitrogen and oxygen atoms in total. The van der Waals surface area contributed by atoms with Crippen molar-refractivity contribution in [1.29, 1.82) is 0 Å². The van der Waals surface area contributed by atoms with Crippen LogP contribution >= 0.6 is 23.4 Å². The van der Waals surface area contributed by atoms with Gasteiger partial charge in [0.05, 0.1) is 18.3 Å². The van der Waals surface area contributed by atoms with E-state index in [0.29, 0.717) is 11.6 Å². The van der Waals surface area contributed by atoms with Crippen molar-refractivity contribution in [3.05, 3.63) is 53.6 Å². The first-order chi connectivity index (χ1) is 12.1. The van der Waals surface area contributed by atoms with Gasteiger partial charge in [-0.3, -0.25) is 9.69 Å². The molecule has 0 aliphatic carbocycles. The number of benzene rings is 2. The van der Waals surface area contributed by atoms with Crippen LogP contribution in [-0.4, -0.2) is 41.7 Å². The van der Waals surface area contributed by atoms with Crippen molar-refractivity contribution >= 4 is 35.0 Å². The summed E-state index contributed by atoms with van der Waals surface area (Å²) in [5.74, 6) is -0.0273. The molecule has 2 N–H and O–H groups in total. The third kappa shape index (κ3) is 5.47. The fourth-order valence-electron chi connectivity index (χ4n) is 2.76. The molecule has 1 amide bonds. The van der Waals surface area contributed by atoms with Gasteiger partial charge in [0, 0.05) is 27.9 Å². The van der Waals surface area contributed by atoms with Crippen LogP contribution in [0.4, 0.5) is 5.69 Å². The van der Waals surface area contributed by atoms with E-state index < -0.39 is 0 Å². The number of hydrogen-bond acceptors (Lipinski definition) is 4. The predicted molar refractivity (Wildman–Crippen MR) is 102 cm³/mol. The van der Waals surface area contributed by atoms with Crippen LogP contribution in [0.3, 0.4) is 0 Å². The first-order valence-corrected chi connectivity index (χ1v) is 9.52. The lowest BCUT2D eigenvalue weighted by molar-refractivity contribution is -0.117. The zero-order valence-electron chi connectivity index (χ0n) is 13.8. The second kappa shape index (κ2) is 8.72. The van der Waals surface area contributed by atoms with Gasteiger partial charge in [0.15, 0.2) is 0 Å². The van der Waals surface area contributed by atoms with Gasteiger partial charge >= 0.3 is 0 Å². The van der Waals surface area contributed by atoms with Crippen molar-refractivity contribution in [3.8, 4) is 0 Å². The molecule has 1 saturated heterocycles. The second-order valence-electron chi connectivity index (χ2n) is 6.11. The number of amides is 1. The third-order valence-corrected chi connectivity index (χ3v) is 5.46. The Hall–Kier alpha value is -1.53. The molecule has 6 heteroatoms. The minimum Gasteiger partial charge on any atom is -0.393 e. The summed E-state index contributed by atoms with van der Waals surface area (Å²) in [7, 11) is 0. The van der Waals surface area contributed by atoms with Gasteiger partial charge in [0.25, 0.3) is 0 Å². The maximum Gasteiger partial charge on any atom is 0.238 e. The maximum atomic E-state index is 12.4. The highest BCUT2D eigenvalue weighted by Gasteiger charge is 2.19. The maximum absolute atomic E-state index is 12.4. The topological polar surface area (TPSA) is 52.6 Å².